The summed E-state index contributed by atoms with van der Waals surface area (Å²) in [6.45, 7) is 7.33. The van der Waals surface area contributed by atoms with Crippen LogP contribution in [0.25, 0.3) is 0 Å². The van der Waals surface area contributed by atoms with E-state index in [2.05, 4.69) is 37.2 Å². The predicted octanol–water partition coefficient (Wildman–Crippen LogP) is 2.77. The van der Waals surface area contributed by atoms with Gasteiger partial charge in [-0.25, -0.2) is 0 Å². The average molecular weight is 241 g/mol. The van der Waals surface area contributed by atoms with Crippen LogP contribution in [0.3, 0.4) is 0 Å². The Hall–Kier alpha value is -0.570. The van der Waals surface area contributed by atoms with Crippen molar-refractivity contribution in [3.05, 3.63) is 34.9 Å². The molecule has 0 aromatic heterocycles. The number of rotatable bonds is 6. The third-order valence-corrected chi connectivity index (χ3v) is 3.09. The zero-order valence-corrected chi connectivity index (χ0v) is 11.1. The third-order valence-electron chi connectivity index (χ3n) is 2.72. The zero-order chi connectivity index (χ0) is 12.0. The van der Waals surface area contributed by atoms with Gasteiger partial charge in [0.05, 0.1) is 0 Å². The highest BCUT2D eigenvalue weighted by molar-refractivity contribution is 6.31. The van der Waals surface area contributed by atoms with Gasteiger partial charge in [-0.3, -0.25) is 0 Å². The molecular formula is C13H21ClN2. The molecule has 2 nitrogen and oxygen atoms in total. The van der Waals surface area contributed by atoms with Gasteiger partial charge in [0, 0.05) is 24.2 Å². The molecule has 0 saturated carbocycles. The maximum atomic E-state index is 6.09. The molecule has 0 aliphatic rings. The number of halogens is 1. The van der Waals surface area contributed by atoms with Crippen molar-refractivity contribution in [2.75, 3.05) is 20.1 Å². The SMILES string of the molecule is CCN(C)CC(C)NCc1ccccc1Cl. The van der Waals surface area contributed by atoms with E-state index in [-0.39, 0.29) is 0 Å². The first-order valence-corrected chi connectivity index (χ1v) is 6.16. The molecule has 16 heavy (non-hydrogen) atoms. The van der Waals surface area contributed by atoms with Crippen molar-refractivity contribution < 1.29 is 0 Å². The standard InChI is InChI=1S/C13H21ClN2/c1-4-16(3)10-11(2)15-9-12-7-5-6-8-13(12)14/h5-8,11,15H,4,9-10H2,1-3H3. The summed E-state index contributed by atoms with van der Waals surface area (Å²) in [7, 11) is 2.13. The van der Waals surface area contributed by atoms with E-state index in [0.29, 0.717) is 6.04 Å². The Labute approximate surface area is 104 Å². The van der Waals surface area contributed by atoms with E-state index in [9.17, 15) is 0 Å². The fourth-order valence-corrected chi connectivity index (χ4v) is 1.79. The van der Waals surface area contributed by atoms with Crippen LogP contribution >= 0.6 is 11.6 Å². The van der Waals surface area contributed by atoms with Crippen LogP contribution in [0.4, 0.5) is 0 Å². The fourth-order valence-electron chi connectivity index (χ4n) is 1.59. The van der Waals surface area contributed by atoms with Crippen molar-refractivity contribution in [1.29, 1.82) is 0 Å². The highest BCUT2D eigenvalue weighted by Gasteiger charge is 2.05. The van der Waals surface area contributed by atoms with Crippen LogP contribution in [0, 0.1) is 0 Å². The van der Waals surface area contributed by atoms with Gasteiger partial charge in [0.25, 0.3) is 0 Å². The molecule has 1 unspecified atom stereocenters. The molecule has 1 N–H and O–H groups in total. The van der Waals surface area contributed by atoms with Crippen molar-refractivity contribution in [2.24, 2.45) is 0 Å². The molecule has 0 fully saturated rings. The Balaban J connectivity index is 2.37. The molecule has 3 heteroatoms. The van der Waals surface area contributed by atoms with Gasteiger partial charge in [-0.05, 0) is 32.1 Å². The quantitative estimate of drug-likeness (QED) is 0.823. The minimum atomic E-state index is 0.473. The van der Waals surface area contributed by atoms with Crippen LogP contribution in [0.2, 0.25) is 5.02 Å². The molecule has 0 aliphatic heterocycles. The monoisotopic (exact) mass is 240 g/mol. The molecule has 1 aromatic rings. The van der Waals surface area contributed by atoms with E-state index in [4.69, 9.17) is 11.6 Å². The summed E-state index contributed by atoms with van der Waals surface area (Å²) in [5, 5.41) is 4.32. The maximum Gasteiger partial charge on any atom is 0.0450 e. The molecule has 0 aliphatic carbocycles. The van der Waals surface area contributed by atoms with Crippen molar-refractivity contribution >= 4 is 11.6 Å². The molecule has 90 valence electrons. The molecule has 0 saturated heterocycles. The van der Waals surface area contributed by atoms with Crippen molar-refractivity contribution in [1.82, 2.24) is 10.2 Å². The lowest BCUT2D eigenvalue weighted by molar-refractivity contribution is 0.309. The number of nitrogens with one attached hydrogen (secondary N) is 1. The van der Waals surface area contributed by atoms with Crippen LogP contribution in [-0.2, 0) is 6.54 Å². The van der Waals surface area contributed by atoms with Gasteiger partial charge in [-0.2, -0.15) is 0 Å². The van der Waals surface area contributed by atoms with Crippen LogP contribution in [0.1, 0.15) is 19.4 Å². The summed E-state index contributed by atoms with van der Waals surface area (Å²) in [5.74, 6) is 0. The second-order valence-electron chi connectivity index (χ2n) is 4.23. The fraction of sp³-hybridized carbons (Fsp3) is 0.538. The van der Waals surface area contributed by atoms with Crippen molar-refractivity contribution in [3.8, 4) is 0 Å². The smallest absolute Gasteiger partial charge is 0.0450 e. The Morgan fingerprint density at radius 2 is 2.06 bits per heavy atom. The maximum absolute atomic E-state index is 6.09. The lowest BCUT2D eigenvalue weighted by Crippen LogP contribution is -2.36. The molecule has 0 spiro atoms. The zero-order valence-electron chi connectivity index (χ0n) is 10.3. The number of hydrogen-bond donors (Lipinski definition) is 1. The summed E-state index contributed by atoms with van der Waals surface area (Å²) in [4.78, 5) is 2.30. The van der Waals surface area contributed by atoms with Gasteiger partial charge in [-0.15, -0.1) is 0 Å². The predicted molar refractivity (Wildman–Crippen MR) is 70.9 cm³/mol. The van der Waals surface area contributed by atoms with Crippen molar-refractivity contribution in [2.45, 2.75) is 26.4 Å². The first-order valence-electron chi connectivity index (χ1n) is 5.78. The third kappa shape index (κ3) is 4.52. The van der Waals surface area contributed by atoms with Crippen LogP contribution < -0.4 is 5.32 Å². The first-order chi connectivity index (χ1) is 7.63. The van der Waals surface area contributed by atoms with E-state index in [1.807, 2.05) is 18.2 Å². The van der Waals surface area contributed by atoms with Crippen LogP contribution in [-0.4, -0.2) is 31.1 Å². The molecule has 1 aromatic carbocycles. The average Bonchev–Trinajstić information content (AvgIpc) is 2.28. The number of likely N-dealkylation sites (N-methyl/N-ethyl adjacent to an activating group) is 1. The normalized spacial score (nSPS) is 13.1. The summed E-state index contributed by atoms with van der Waals surface area (Å²) >= 11 is 6.09. The summed E-state index contributed by atoms with van der Waals surface area (Å²) in [6, 6.07) is 8.44. The van der Waals surface area contributed by atoms with E-state index >= 15 is 0 Å². The Bertz CT molecular complexity index is 315. The van der Waals surface area contributed by atoms with E-state index in [1.165, 1.54) is 0 Å². The molecule has 0 amide bonds. The lowest BCUT2D eigenvalue weighted by atomic mass is 10.2. The van der Waals surface area contributed by atoms with Gasteiger partial charge >= 0.3 is 0 Å². The lowest BCUT2D eigenvalue weighted by Gasteiger charge is -2.20. The highest BCUT2D eigenvalue weighted by Crippen LogP contribution is 2.14. The summed E-state index contributed by atoms with van der Waals surface area (Å²) < 4.78 is 0. The second-order valence-corrected chi connectivity index (χ2v) is 4.64. The molecular weight excluding hydrogens is 220 g/mol. The molecule has 0 radical (unpaired) electrons. The minimum absolute atomic E-state index is 0.473. The Morgan fingerprint density at radius 1 is 1.38 bits per heavy atom. The Kier molecular flexibility index (Phi) is 5.81. The molecule has 1 rings (SSSR count). The van der Waals surface area contributed by atoms with Crippen LogP contribution in [0.5, 0.6) is 0 Å². The Morgan fingerprint density at radius 3 is 2.69 bits per heavy atom. The van der Waals surface area contributed by atoms with Gasteiger partial charge in [-0.1, -0.05) is 36.7 Å². The molecule has 1 atom stereocenters. The number of benzene rings is 1. The molecule has 0 bridgehead atoms. The van der Waals surface area contributed by atoms with Crippen molar-refractivity contribution in [3.63, 3.8) is 0 Å². The van der Waals surface area contributed by atoms with Gasteiger partial charge in [0.2, 0.25) is 0 Å². The van der Waals surface area contributed by atoms with Gasteiger partial charge in [0.15, 0.2) is 0 Å². The van der Waals surface area contributed by atoms with E-state index in [0.717, 1.165) is 30.2 Å². The highest BCUT2D eigenvalue weighted by atomic mass is 35.5. The number of nitrogens with zero attached hydrogens (tertiary/aromatic N) is 1. The van der Waals surface area contributed by atoms with E-state index < -0.39 is 0 Å². The molecule has 0 heterocycles. The second kappa shape index (κ2) is 6.89. The van der Waals surface area contributed by atoms with E-state index in [1.54, 1.807) is 0 Å². The first kappa shape index (κ1) is 13.5. The summed E-state index contributed by atoms with van der Waals surface area (Å²) in [6.07, 6.45) is 0. The van der Waals surface area contributed by atoms with Gasteiger partial charge < -0.3 is 10.2 Å². The van der Waals surface area contributed by atoms with Gasteiger partial charge in [0.1, 0.15) is 0 Å². The minimum Gasteiger partial charge on any atom is -0.309 e. The number of hydrogen-bond acceptors (Lipinski definition) is 2. The largest absolute Gasteiger partial charge is 0.309 e. The van der Waals surface area contributed by atoms with Crippen LogP contribution in [0.15, 0.2) is 24.3 Å². The summed E-state index contributed by atoms with van der Waals surface area (Å²) in [5.41, 5.74) is 1.16. The topological polar surface area (TPSA) is 15.3 Å².